The van der Waals surface area contributed by atoms with Gasteiger partial charge in [-0.25, -0.2) is 0 Å². The zero-order chi connectivity index (χ0) is 14.8. The van der Waals surface area contributed by atoms with E-state index in [1.807, 2.05) is 24.3 Å². The third kappa shape index (κ3) is 6.61. The van der Waals surface area contributed by atoms with Crippen molar-refractivity contribution in [3.63, 3.8) is 0 Å². The molecule has 0 fully saturated rings. The lowest BCUT2D eigenvalue weighted by Gasteiger charge is -2.10. The molecule has 0 heterocycles. The number of nitrogens with one attached hydrogen (secondary N) is 1. The first kappa shape index (κ1) is 16.6. The van der Waals surface area contributed by atoms with E-state index in [1.165, 1.54) is 0 Å². The molecule has 1 rings (SSSR count). The van der Waals surface area contributed by atoms with Crippen LogP contribution in [-0.2, 0) is 9.59 Å². The van der Waals surface area contributed by atoms with E-state index in [0.717, 1.165) is 29.2 Å². The van der Waals surface area contributed by atoms with E-state index in [4.69, 9.17) is 5.11 Å². The van der Waals surface area contributed by atoms with Gasteiger partial charge < -0.3 is 10.4 Å². The summed E-state index contributed by atoms with van der Waals surface area (Å²) < 4.78 is 0. The SMILES string of the molecule is CCCCC(=O)Nc1ccccc1SCCCC(=O)O. The minimum atomic E-state index is -0.772. The van der Waals surface area contributed by atoms with Gasteiger partial charge in [0.15, 0.2) is 0 Å². The number of rotatable bonds is 9. The van der Waals surface area contributed by atoms with E-state index < -0.39 is 5.97 Å². The van der Waals surface area contributed by atoms with Crippen LogP contribution < -0.4 is 5.32 Å². The molecule has 20 heavy (non-hydrogen) atoms. The van der Waals surface area contributed by atoms with Crippen molar-refractivity contribution in [1.29, 1.82) is 0 Å². The third-order valence-corrected chi connectivity index (χ3v) is 3.87. The topological polar surface area (TPSA) is 66.4 Å². The lowest BCUT2D eigenvalue weighted by molar-refractivity contribution is -0.137. The largest absolute Gasteiger partial charge is 0.481 e. The van der Waals surface area contributed by atoms with Gasteiger partial charge in [-0.3, -0.25) is 9.59 Å². The fourth-order valence-corrected chi connectivity index (χ4v) is 2.61. The van der Waals surface area contributed by atoms with Gasteiger partial charge >= 0.3 is 5.97 Å². The molecule has 0 saturated carbocycles. The van der Waals surface area contributed by atoms with Gasteiger partial charge in [0, 0.05) is 17.7 Å². The summed E-state index contributed by atoms with van der Waals surface area (Å²) in [7, 11) is 0. The summed E-state index contributed by atoms with van der Waals surface area (Å²) >= 11 is 1.58. The quantitative estimate of drug-likeness (QED) is 0.537. The van der Waals surface area contributed by atoms with E-state index in [9.17, 15) is 9.59 Å². The molecule has 0 bridgehead atoms. The fraction of sp³-hybridized carbons (Fsp3) is 0.467. The Balaban J connectivity index is 2.50. The van der Waals surface area contributed by atoms with E-state index >= 15 is 0 Å². The van der Waals surface area contributed by atoms with Crippen LogP contribution in [0.1, 0.15) is 39.0 Å². The van der Waals surface area contributed by atoms with Crippen LogP contribution in [0.2, 0.25) is 0 Å². The molecule has 2 N–H and O–H groups in total. The number of thioether (sulfide) groups is 1. The Morgan fingerprint density at radius 1 is 1.20 bits per heavy atom. The van der Waals surface area contributed by atoms with Crippen molar-refractivity contribution in [2.45, 2.75) is 43.9 Å². The van der Waals surface area contributed by atoms with Crippen molar-refractivity contribution in [3.8, 4) is 0 Å². The number of unbranched alkanes of at least 4 members (excludes halogenated alkanes) is 1. The number of benzene rings is 1. The Morgan fingerprint density at radius 2 is 1.95 bits per heavy atom. The van der Waals surface area contributed by atoms with Crippen LogP contribution in [0, 0.1) is 0 Å². The molecule has 0 aliphatic heterocycles. The summed E-state index contributed by atoms with van der Waals surface area (Å²) in [5.41, 5.74) is 0.814. The Labute approximate surface area is 124 Å². The van der Waals surface area contributed by atoms with Crippen LogP contribution in [0.5, 0.6) is 0 Å². The molecule has 0 radical (unpaired) electrons. The number of anilines is 1. The van der Waals surface area contributed by atoms with Gasteiger partial charge in [0.2, 0.25) is 5.91 Å². The molecular formula is C15H21NO3S. The average molecular weight is 295 g/mol. The number of hydrogen-bond acceptors (Lipinski definition) is 3. The van der Waals surface area contributed by atoms with Gasteiger partial charge in [-0.05, 0) is 30.7 Å². The second-order valence-electron chi connectivity index (χ2n) is 4.49. The summed E-state index contributed by atoms with van der Waals surface area (Å²) in [6.45, 7) is 2.06. The molecular weight excluding hydrogens is 274 g/mol. The first-order chi connectivity index (χ1) is 9.63. The molecule has 5 heteroatoms. The molecule has 0 spiro atoms. The number of para-hydroxylation sites is 1. The summed E-state index contributed by atoms with van der Waals surface area (Å²) in [5, 5.41) is 11.5. The second-order valence-corrected chi connectivity index (χ2v) is 5.63. The van der Waals surface area contributed by atoms with E-state index in [1.54, 1.807) is 11.8 Å². The van der Waals surface area contributed by atoms with Crippen LogP contribution in [0.4, 0.5) is 5.69 Å². The lowest BCUT2D eigenvalue weighted by atomic mass is 10.2. The van der Waals surface area contributed by atoms with E-state index in [2.05, 4.69) is 12.2 Å². The van der Waals surface area contributed by atoms with Crippen molar-refractivity contribution >= 4 is 29.3 Å². The van der Waals surface area contributed by atoms with Crippen molar-refractivity contribution < 1.29 is 14.7 Å². The molecule has 0 aromatic heterocycles. The maximum absolute atomic E-state index is 11.7. The summed E-state index contributed by atoms with van der Waals surface area (Å²) in [5.74, 6) is -0.00841. The van der Waals surface area contributed by atoms with Crippen molar-refractivity contribution in [1.82, 2.24) is 0 Å². The van der Waals surface area contributed by atoms with E-state index in [0.29, 0.717) is 12.8 Å². The van der Waals surface area contributed by atoms with Crippen LogP contribution in [0.15, 0.2) is 29.2 Å². The Morgan fingerprint density at radius 3 is 2.65 bits per heavy atom. The zero-order valence-corrected chi connectivity index (χ0v) is 12.5. The molecule has 0 unspecified atom stereocenters. The standard InChI is InChI=1S/C15H21NO3S/c1-2-3-9-14(17)16-12-7-4-5-8-13(12)20-11-6-10-15(18)19/h4-5,7-8H,2-3,6,9-11H2,1H3,(H,16,17)(H,18,19). The second kappa shape index (κ2) is 9.42. The summed E-state index contributed by atoms with van der Waals surface area (Å²) in [6.07, 6.45) is 3.23. The van der Waals surface area contributed by atoms with Gasteiger partial charge in [0.1, 0.15) is 0 Å². The van der Waals surface area contributed by atoms with Gasteiger partial charge in [-0.2, -0.15) is 0 Å². The maximum atomic E-state index is 11.7. The highest BCUT2D eigenvalue weighted by Crippen LogP contribution is 2.27. The first-order valence-electron chi connectivity index (χ1n) is 6.87. The highest BCUT2D eigenvalue weighted by molar-refractivity contribution is 7.99. The van der Waals surface area contributed by atoms with Gasteiger partial charge in [0.05, 0.1) is 5.69 Å². The number of carboxylic acid groups (broad SMARTS) is 1. The van der Waals surface area contributed by atoms with Crippen molar-refractivity contribution in [2.75, 3.05) is 11.1 Å². The monoisotopic (exact) mass is 295 g/mol. The number of amides is 1. The molecule has 110 valence electrons. The maximum Gasteiger partial charge on any atom is 0.303 e. The van der Waals surface area contributed by atoms with Crippen molar-refractivity contribution in [2.24, 2.45) is 0 Å². The van der Waals surface area contributed by atoms with Crippen LogP contribution in [0.25, 0.3) is 0 Å². The van der Waals surface area contributed by atoms with E-state index in [-0.39, 0.29) is 12.3 Å². The molecule has 0 atom stereocenters. The predicted octanol–water partition coefficient (Wildman–Crippen LogP) is 3.77. The van der Waals surface area contributed by atoms with Crippen LogP contribution in [-0.4, -0.2) is 22.7 Å². The molecule has 0 aliphatic rings. The number of aliphatic carboxylic acids is 1. The Bertz CT molecular complexity index is 448. The first-order valence-corrected chi connectivity index (χ1v) is 7.85. The van der Waals surface area contributed by atoms with Gasteiger partial charge in [0.25, 0.3) is 0 Å². The van der Waals surface area contributed by atoms with Crippen LogP contribution in [0.3, 0.4) is 0 Å². The normalized spacial score (nSPS) is 10.2. The highest BCUT2D eigenvalue weighted by Gasteiger charge is 2.07. The average Bonchev–Trinajstić information content (AvgIpc) is 2.42. The van der Waals surface area contributed by atoms with Crippen LogP contribution >= 0.6 is 11.8 Å². The number of hydrogen-bond donors (Lipinski definition) is 2. The summed E-state index contributed by atoms with van der Waals surface area (Å²) in [4.78, 5) is 23.2. The fourth-order valence-electron chi connectivity index (χ4n) is 1.65. The number of carbonyl (C=O) groups is 2. The van der Waals surface area contributed by atoms with Gasteiger partial charge in [-0.1, -0.05) is 25.5 Å². The molecule has 1 amide bonds. The van der Waals surface area contributed by atoms with Gasteiger partial charge in [-0.15, -0.1) is 11.8 Å². The molecule has 1 aromatic rings. The molecule has 0 saturated heterocycles. The minimum Gasteiger partial charge on any atom is -0.481 e. The summed E-state index contributed by atoms with van der Waals surface area (Å²) in [6, 6.07) is 7.63. The highest BCUT2D eigenvalue weighted by atomic mass is 32.2. The molecule has 4 nitrogen and oxygen atoms in total. The Kier molecular flexibility index (Phi) is 7.80. The smallest absolute Gasteiger partial charge is 0.303 e. The molecule has 1 aromatic carbocycles. The lowest BCUT2D eigenvalue weighted by Crippen LogP contribution is -2.11. The zero-order valence-electron chi connectivity index (χ0n) is 11.7. The predicted molar refractivity (Wildman–Crippen MR) is 82.2 cm³/mol. The third-order valence-electron chi connectivity index (χ3n) is 2.71. The minimum absolute atomic E-state index is 0.0328. The Hall–Kier alpha value is -1.49. The number of carbonyl (C=O) groups excluding carboxylic acids is 1. The van der Waals surface area contributed by atoms with Crippen molar-refractivity contribution in [3.05, 3.63) is 24.3 Å². The number of carboxylic acids is 1. The molecule has 0 aliphatic carbocycles.